The van der Waals surface area contributed by atoms with Gasteiger partial charge in [-0.2, -0.15) is 0 Å². The van der Waals surface area contributed by atoms with Gasteiger partial charge >= 0.3 is 7.82 Å². The van der Waals surface area contributed by atoms with Gasteiger partial charge in [-0.05, 0) is 6.92 Å². The van der Waals surface area contributed by atoms with Crippen LogP contribution in [-0.4, -0.2) is 17.8 Å². The molecule has 2 bridgehead atoms. The fourth-order valence-corrected chi connectivity index (χ4v) is 2.54. The molecule has 6 nitrogen and oxygen atoms in total. The first-order valence-electron chi connectivity index (χ1n) is 2.94. The standard InChI is InChI=1S/C4H6NO5P/c1-4(2(5)6)3-8-11(7,9-3)10-4/h3H,1H3,(H2,5,6). The van der Waals surface area contributed by atoms with Crippen molar-refractivity contribution in [2.24, 2.45) is 5.73 Å². The van der Waals surface area contributed by atoms with Crippen LogP contribution in [0.15, 0.2) is 0 Å². The monoisotopic (exact) mass is 179 g/mol. The van der Waals surface area contributed by atoms with Crippen molar-refractivity contribution in [3.8, 4) is 0 Å². The van der Waals surface area contributed by atoms with Crippen LogP contribution in [0.4, 0.5) is 0 Å². The quantitative estimate of drug-likeness (QED) is 0.560. The van der Waals surface area contributed by atoms with E-state index in [1.165, 1.54) is 6.92 Å². The Kier molecular flexibility index (Phi) is 1.10. The fraction of sp³-hybridized carbons (Fsp3) is 0.750. The number of phosphoric acid groups is 1. The van der Waals surface area contributed by atoms with Crippen LogP contribution < -0.4 is 5.73 Å². The molecule has 3 fully saturated rings. The van der Waals surface area contributed by atoms with Crippen LogP contribution in [0.3, 0.4) is 0 Å². The third-order valence-corrected chi connectivity index (χ3v) is 3.19. The van der Waals surface area contributed by atoms with E-state index in [-0.39, 0.29) is 0 Å². The Bertz CT molecular complexity index is 268. The van der Waals surface area contributed by atoms with Gasteiger partial charge < -0.3 is 5.73 Å². The number of nitrogens with two attached hydrogens (primary N) is 1. The lowest BCUT2D eigenvalue weighted by Crippen LogP contribution is -2.48. The number of hydrogen-bond acceptors (Lipinski definition) is 5. The van der Waals surface area contributed by atoms with Crippen molar-refractivity contribution in [3.63, 3.8) is 0 Å². The van der Waals surface area contributed by atoms with Crippen LogP contribution in [0, 0.1) is 0 Å². The van der Waals surface area contributed by atoms with Gasteiger partial charge in [-0.3, -0.25) is 18.4 Å². The second kappa shape index (κ2) is 1.67. The summed E-state index contributed by atoms with van der Waals surface area (Å²) in [5, 5.41) is 0. The van der Waals surface area contributed by atoms with Gasteiger partial charge in [0.25, 0.3) is 5.91 Å². The van der Waals surface area contributed by atoms with E-state index in [1.54, 1.807) is 0 Å². The van der Waals surface area contributed by atoms with Crippen molar-refractivity contribution in [3.05, 3.63) is 0 Å². The Labute approximate surface area is 62.2 Å². The molecule has 3 aliphatic rings. The molecule has 7 heteroatoms. The predicted octanol–water partition coefficient (Wildman–Crippen LogP) is -0.258. The highest BCUT2D eigenvalue weighted by Gasteiger charge is 2.69. The van der Waals surface area contributed by atoms with E-state index >= 15 is 0 Å². The van der Waals surface area contributed by atoms with Crippen molar-refractivity contribution < 1.29 is 22.9 Å². The number of phosphoric ester groups is 1. The van der Waals surface area contributed by atoms with Gasteiger partial charge in [0.2, 0.25) is 11.9 Å². The molecule has 11 heavy (non-hydrogen) atoms. The minimum Gasteiger partial charge on any atom is -0.367 e. The zero-order valence-corrected chi connectivity index (χ0v) is 6.54. The minimum absolute atomic E-state index is 0.738. The lowest BCUT2D eigenvalue weighted by Gasteiger charge is -2.23. The molecule has 3 heterocycles. The molecule has 62 valence electrons. The zero-order valence-electron chi connectivity index (χ0n) is 5.64. The number of carbonyl (C=O) groups excluding carboxylic acids is 1. The number of carbonyl (C=O) groups is 1. The largest absolute Gasteiger partial charge is 0.480 e. The Hall–Kier alpha value is -0.420. The summed E-state index contributed by atoms with van der Waals surface area (Å²) in [7, 11) is -3.38. The van der Waals surface area contributed by atoms with Gasteiger partial charge in [0.15, 0.2) is 0 Å². The first kappa shape index (κ1) is 7.24. The van der Waals surface area contributed by atoms with E-state index in [9.17, 15) is 9.36 Å². The molecule has 0 aromatic rings. The number of amides is 1. The molecular weight excluding hydrogens is 173 g/mol. The van der Waals surface area contributed by atoms with Crippen molar-refractivity contribution in [1.82, 2.24) is 0 Å². The molecule has 0 aromatic carbocycles. The normalized spacial score (nSPS) is 53.7. The molecule has 0 aliphatic carbocycles. The van der Waals surface area contributed by atoms with E-state index in [0.29, 0.717) is 0 Å². The summed E-state index contributed by atoms with van der Waals surface area (Å²) < 4.78 is 24.9. The molecule has 0 aromatic heterocycles. The lowest BCUT2D eigenvalue weighted by molar-refractivity contribution is -0.145. The first-order valence-corrected chi connectivity index (χ1v) is 4.40. The van der Waals surface area contributed by atoms with E-state index < -0.39 is 25.6 Å². The summed E-state index contributed by atoms with van der Waals surface area (Å²) in [4.78, 5) is 10.7. The summed E-state index contributed by atoms with van der Waals surface area (Å²) in [5.74, 6) is -0.738. The van der Waals surface area contributed by atoms with Crippen LogP contribution in [0.25, 0.3) is 0 Å². The number of primary amides is 1. The summed E-state index contributed by atoms with van der Waals surface area (Å²) in [6.07, 6.45) is -0.897. The first-order chi connectivity index (χ1) is 4.96. The summed E-state index contributed by atoms with van der Waals surface area (Å²) in [5.41, 5.74) is 3.58. The van der Waals surface area contributed by atoms with Crippen LogP contribution in [-0.2, 0) is 22.9 Å². The Morgan fingerprint density at radius 2 is 2.18 bits per heavy atom. The van der Waals surface area contributed by atoms with Crippen molar-refractivity contribution in [1.29, 1.82) is 0 Å². The second-order valence-electron chi connectivity index (χ2n) is 2.55. The van der Waals surface area contributed by atoms with Crippen molar-refractivity contribution in [2.45, 2.75) is 18.8 Å². The molecule has 3 saturated heterocycles. The highest BCUT2D eigenvalue weighted by atomic mass is 31.2. The number of fused-ring (bicyclic) bond motifs is 1. The summed E-state index contributed by atoms with van der Waals surface area (Å²) in [6, 6.07) is 0. The molecule has 1 unspecified atom stereocenters. The van der Waals surface area contributed by atoms with E-state index in [2.05, 4.69) is 9.05 Å². The summed E-state index contributed by atoms with van der Waals surface area (Å²) >= 11 is 0. The van der Waals surface area contributed by atoms with Crippen LogP contribution >= 0.6 is 7.82 Å². The summed E-state index contributed by atoms with van der Waals surface area (Å²) in [6.45, 7) is 1.38. The molecule has 0 saturated carbocycles. The second-order valence-corrected chi connectivity index (χ2v) is 4.05. The zero-order chi connectivity index (χ0) is 8.28. The highest BCUT2D eigenvalue weighted by molar-refractivity contribution is 7.50. The van der Waals surface area contributed by atoms with Gasteiger partial charge in [-0.25, -0.2) is 4.57 Å². The maximum atomic E-state index is 10.9. The third kappa shape index (κ3) is 0.724. The minimum atomic E-state index is -3.38. The van der Waals surface area contributed by atoms with Crippen LogP contribution in [0.1, 0.15) is 6.92 Å². The molecule has 0 radical (unpaired) electrons. The molecule has 1 amide bonds. The molecular formula is C4H6NO5P. The smallest absolute Gasteiger partial charge is 0.367 e. The topological polar surface area (TPSA) is 87.9 Å². The molecule has 3 aliphatic heterocycles. The van der Waals surface area contributed by atoms with Crippen molar-refractivity contribution >= 4 is 13.7 Å². The number of hydrogen-bond donors (Lipinski definition) is 1. The Morgan fingerprint density at radius 3 is 2.36 bits per heavy atom. The highest BCUT2D eigenvalue weighted by Crippen LogP contribution is 2.72. The molecule has 2 N–H and O–H groups in total. The maximum absolute atomic E-state index is 10.9. The molecule has 0 spiro atoms. The molecule has 1 atom stereocenters. The van der Waals surface area contributed by atoms with E-state index in [1.807, 2.05) is 0 Å². The van der Waals surface area contributed by atoms with E-state index in [4.69, 9.17) is 10.3 Å². The molecule has 3 rings (SSSR count). The van der Waals surface area contributed by atoms with Gasteiger partial charge in [-0.1, -0.05) is 0 Å². The van der Waals surface area contributed by atoms with Gasteiger partial charge in [0, 0.05) is 0 Å². The van der Waals surface area contributed by atoms with E-state index in [0.717, 1.165) is 0 Å². The van der Waals surface area contributed by atoms with Gasteiger partial charge in [0.1, 0.15) is 0 Å². The van der Waals surface area contributed by atoms with Gasteiger partial charge in [-0.15, -0.1) is 0 Å². The Morgan fingerprint density at radius 1 is 1.64 bits per heavy atom. The third-order valence-electron chi connectivity index (χ3n) is 1.69. The average Bonchev–Trinajstić information content (AvgIpc) is 2.16. The fourth-order valence-electron chi connectivity index (χ4n) is 0.923. The SMILES string of the molecule is CC1(C(N)=O)OP2(=O)OC1O2. The van der Waals surface area contributed by atoms with Crippen LogP contribution in [0.2, 0.25) is 0 Å². The predicted molar refractivity (Wildman–Crippen MR) is 32.2 cm³/mol. The lowest BCUT2D eigenvalue weighted by atomic mass is 10.1. The Balaban J connectivity index is 2.33. The van der Waals surface area contributed by atoms with Crippen molar-refractivity contribution in [2.75, 3.05) is 0 Å². The maximum Gasteiger partial charge on any atom is 0.480 e. The van der Waals surface area contributed by atoms with Crippen LogP contribution in [0.5, 0.6) is 0 Å². The number of rotatable bonds is 1. The van der Waals surface area contributed by atoms with Gasteiger partial charge in [0.05, 0.1) is 0 Å². The average molecular weight is 179 g/mol.